The molecular formula is C23H25ClN4O2. The monoisotopic (exact) mass is 424 g/mol. The molecule has 1 aromatic heterocycles. The second-order valence-corrected chi connectivity index (χ2v) is 7.89. The van der Waals surface area contributed by atoms with Gasteiger partial charge in [-0.2, -0.15) is 0 Å². The molecule has 0 spiro atoms. The number of benzene rings is 2. The molecular weight excluding hydrogens is 400 g/mol. The molecule has 2 unspecified atom stereocenters. The van der Waals surface area contributed by atoms with Gasteiger partial charge in [-0.05, 0) is 48.2 Å². The third kappa shape index (κ3) is 4.14. The number of aromatic nitrogens is 2. The van der Waals surface area contributed by atoms with E-state index >= 15 is 0 Å². The van der Waals surface area contributed by atoms with Crippen LogP contribution in [0.4, 0.5) is 4.79 Å². The van der Waals surface area contributed by atoms with Crippen LogP contribution in [0.5, 0.6) is 5.75 Å². The number of hydrogen-bond acceptors (Lipinski definition) is 3. The molecule has 1 aliphatic rings. The van der Waals surface area contributed by atoms with E-state index in [-0.39, 0.29) is 18.1 Å². The number of imidazole rings is 1. The fourth-order valence-corrected chi connectivity index (χ4v) is 4.12. The van der Waals surface area contributed by atoms with Crippen LogP contribution in [0.3, 0.4) is 0 Å². The maximum atomic E-state index is 13.3. The van der Waals surface area contributed by atoms with Crippen molar-refractivity contribution in [3.63, 3.8) is 0 Å². The van der Waals surface area contributed by atoms with E-state index in [1.54, 1.807) is 13.3 Å². The van der Waals surface area contributed by atoms with Gasteiger partial charge >= 0.3 is 6.03 Å². The molecule has 0 saturated carbocycles. The zero-order chi connectivity index (χ0) is 21.1. The number of nitrogens with one attached hydrogen (secondary N) is 1. The second kappa shape index (κ2) is 8.79. The summed E-state index contributed by atoms with van der Waals surface area (Å²) in [5, 5.41) is 3.90. The number of ether oxygens (including phenoxy) is 1. The molecule has 156 valence electrons. The number of nitrogens with zero attached hydrogens (tertiary/aromatic N) is 3. The van der Waals surface area contributed by atoms with Crippen LogP contribution in [0, 0.1) is 0 Å². The van der Waals surface area contributed by atoms with Crippen molar-refractivity contribution < 1.29 is 9.53 Å². The summed E-state index contributed by atoms with van der Waals surface area (Å²) in [4.78, 5) is 19.7. The number of halogens is 1. The summed E-state index contributed by atoms with van der Waals surface area (Å²) in [6.07, 6.45) is 5.52. The van der Waals surface area contributed by atoms with Gasteiger partial charge in [-0.1, -0.05) is 35.9 Å². The van der Waals surface area contributed by atoms with Gasteiger partial charge in [-0.15, -0.1) is 0 Å². The zero-order valence-electron chi connectivity index (χ0n) is 17.1. The predicted octanol–water partition coefficient (Wildman–Crippen LogP) is 4.72. The molecule has 0 radical (unpaired) electrons. The van der Waals surface area contributed by atoms with E-state index in [1.165, 1.54) is 0 Å². The summed E-state index contributed by atoms with van der Waals surface area (Å²) in [7, 11) is 3.56. The number of hydrogen-bond donors (Lipinski definition) is 1. The van der Waals surface area contributed by atoms with Crippen molar-refractivity contribution in [1.29, 1.82) is 0 Å². The number of urea groups is 1. The Morgan fingerprint density at radius 3 is 2.57 bits per heavy atom. The van der Waals surface area contributed by atoms with E-state index in [1.807, 2.05) is 71.2 Å². The van der Waals surface area contributed by atoms with Gasteiger partial charge in [-0.25, -0.2) is 9.78 Å². The molecule has 30 heavy (non-hydrogen) atoms. The first-order valence-electron chi connectivity index (χ1n) is 10.0. The minimum absolute atomic E-state index is 0.0418. The van der Waals surface area contributed by atoms with Crippen LogP contribution >= 0.6 is 11.6 Å². The molecule has 1 aliphatic heterocycles. The lowest BCUT2D eigenvalue weighted by Gasteiger charge is -2.28. The van der Waals surface area contributed by atoms with Gasteiger partial charge in [0.1, 0.15) is 17.6 Å². The fourth-order valence-electron chi connectivity index (χ4n) is 4.00. The molecule has 1 saturated heterocycles. The van der Waals surface area contributed by atoms with E-state index < -0.39 is 0 Å². The van der Waals surface area contributed by atoms with E-state index in [2.05, 4.69) is 10.3 Å². The summed E-state index contributed by atoms with van der Waals surface area (Å²) in [6.45, 7) is 0.717. The average molecular weight is 425 g/mol. The Hall–Kier alpha value is -2.99. The van der Waals surface area contributed by atoms with Crippen molar-refractivity contribution in [2.24, 2.45) is 7.05 Å². The number of aryl methyl sites for hydroxylation is 1. The van der Waals surface area contributed by atoms with Gasteiger partial charge in [0, 0.05) is 31.0 Å². The summed E-state index contributed by atoms with van der Waals surface area (Å²) in [6, 6.07) is 15.0. The number of likely N-dealkylation sites (tertiary alicyclic amines) is 1. The number of amides is 2. The van der Waals surface area contributed by atoms with Crippen LogP contribution in [0.15, 0.2) is 60.9 Å². The zero-order valence-corrected chi connectivity index (χ0v) is 17.8. The lowest BCUT2D eigenvalue weighted by atomic mass is 10.0. The van der Waals surface area contributed by atoms with Gasteiger partial charge in [0.25, 0.3) is 0 Å². The van der Waals surface area contributed by atoms with Gasteiger partial charge in [-0.3, -0.25) is 0 Å². The lowest BCUT2D eigenvalue weighted by Crippen LogP contribution is -2.42. The maximum Gasteiger partial charge on any atom is 0.318 e. The first kappa shape index (κ1) is 20.3. The number of carbonyl (C=O) groups excluding carboxylic acids is 1. The van der Waals surface area contributed by atoms with E-state index in [4.69, 9.17) is 16.3 Å². The molecule has 1 fully saturated rings. The first-order valence-corrected chi connectivity index (χ1v) is 10.4. The molecule has 0 aliphatic carbocycles. The van der Waals surface area contributed by atoms with Gasteiger partial charge < -0.3 is 19.5 Å². The third-order valence-corrected chi connectivity index (χ3v) is 5.85. The molecule has 3 aromatic rings. The SMILES string of the molecule is COc1ccc(C(NC(=O)N2CCCC2c2ccc(Cl)cc2)c2nccn2C)cc1. The van der Waals surface area contributed by atoms with E-state index in [0.29, 0.717) is 5.02 Å². The molecule has 2 amide bonds. The topological polar surface area (TPSA) is 59.4 Å². The highest BCUT2D eigenvalue weighted by Crippen LogP contribution is 2.33. The summed E-state index contributed by atoms with van der Waals surface area (Å²) in [5.74, 6) is 1.54. The largest absolute Gasteiger partial charge is 0.497 e. The van der Waals surface area contributed by atoms with E-state index in [9.17, 15) is 4.79 Å². The second-order valence-electron chi connectivity index (χ2n) is 7.45. The molecule has 4 rings (SSSR count). The molecule has 1 N–H and O–H groups in total. The van der Waals surface area contributed by atoms with Gasteiger partial charge in [0.2, 0.25) is 0 Å². The highest BCUT2D eigenvalue weighted by Gasteiger charge is 2.32. The Morgan fingerprint density at radius 2 is 1.93 bits per heavy atom. The Bertz CT molecular complexity index is 1000. The summed E-state index contributed by atoms with van der Waals surface area (Å²) >= 11 is 6.04. The Morgan fingerprint density at radius 1 is 1.20 bits per heavy atom. The van der Waals surface area contributed by atoms with Crippen LogP contribution in [0.25, 0.3) is 0 Å². The normalized spacial score (nSPS) is 17.0. The molecule has 7 heteroatoms. The minimum Gasteiger partial charge on any atom is -0.497 e. The molecule has 2 heterocycles. The quantitative estimate of drug-likeness (QED) is 0.644. The van der Waals surface area contributed by atoms with Crippen molar-refractivity contribution in [3.8, 4) is 5.75 Å². The molecule has 2 aromatic carbocycles. The van der Waals surface area contributed by atoms with Crippen LogP contribution in [0.2, 0.25) is 5.02 Å². The van der Waals surface area contributed by atoms with Gasteiger partial charge in [0.15, 0.2) is 0 Å². The van der Waals surface area contributed by atoms with Crippen molar-refractivity contribution in [1.82, 2.24) is 19.8 Å². The van der Waals surface area contributed by atoms with Crippen molar-refractivity contribution in [2.45, 2.75) is 24.9 Å². The van der Waals surface area contributed by atoms with Crippen LogP contribution in [-0.2, 0) is 7.05 Å². The summed E-state index contributed by atoms with van der Waals surface area (Å²) < 4.78 is 7.20. The predicted molar refractivity (Wildman–Crippen MR) is 117 cm³/mol. The van der Waals surface area contributed by atoms with Gasteiger partial charge in [0.05, 0.1) is 13.2 Å². The minimum atomic E-state index is -0.366. The highest BCUT2D eigenvalue weighted by atomic mass is 35.5. The Kier molecular flexibility index (Phi) is 5.95. The van der Waals surface area contributed by atoms with E-state index in [0.717, 1.165) is 42.1 Å². The smallest absolute Gasteiger partial charge is 0.318 e. The van der Waals surface area contributed by atoms with Crippen molar-refractivity contribution >= 4 is 17.6 Å². The van der Waals surface area contributed by atoms with Crippen molar-refractivity contribution in [3.05, 3.63) is 82.9 Å². The standard InChI is InChI=1S/C23H25ClN4O2/c1-27-15-13-25-22(27)21(17-7-11-19(30-2)12-8-17)26-23(29)28-14-3-4-20(28)16-5-9-18(24)10-6-16/h5-13,15,20-21H,3-4,14H2,1-2H3,(H,26,29). The number of carbonyl (C=O) groups is 1. The number of rotatable bonds is 5. The highest BCUT2D eigenvalue weighted by molar-refractivity contribution is 6.30. The van der Waals surface area contributed by atoms with Crippen LogP contribution < -0.4 is 10.1 Å². The summed E-state index contributed by atoms with van der Waals surface area (Å²) in [5.41, 5.74) is 2.05. The average Bonchev–Trinajstić information content (AvgIpc) is 3.42. The number of methoxy groups -OCH3 is 1. The van der Waals surface area contributed by atoms with Crippen molar-refractivity contribution in [2.75, 3.05) is 13.7 Å². The Labute approximate surface area is 181 Å². The molecule has 2 atom stereocenters. The first-order chi connectivity index (χ1) is 14.6. The fraction of sp³-hybridized carbons (Fsp3) is 0.304. The van der Waals surface area contributed by atoms with Crippen LogP contribution in [-0.4, -0.2) is 34.1 Å². The lowest BCUT2D eigenvalue weighted by molar-refractivity contribution is 0.190. The third-order valence-electron chi connectivity index (χ3n) is 5.60. The maximum absolute atomic E-state index is 13.3. The van der Waals surface area contributed by atoms with Crippen LogP contribution in [0.1, 0.15) is 41.9 Å². The molecule has 6 nitrogen and oxygen atoms in total. The molecule has 0 bridgehead atoms. The Balaban J connectivity index is 1.59.